The maximum Gasteiger partial charge on any atom is 0.308 e. The molecule has 0 aliphatic carbocycles. The predicted octanol–water partition coefficient (Wildman–Crippen LogP) is -0.0770. The van der Waals surface area contributed by atoms with Gasteiger partial charge in [0, 0.05) is 23.6 Å². The fourth-order valence-corrected chi connectivity index (χ4v) is 2.11. The van der Waals surface area contributed by atoms with Crippen LogP contribution in [0, 0.1) is 6.92 Å². The minimum atomic E-state index is -0.348. The molecule has 1 aromatic carbocycles. The summed E-state index contributed by atoms with van der Waals surface area (Å²) < 4.78 is 12.7. The van der Waals surface area contributed by atoms with Gasteiger partial charge in [0.1, 0.15) is 5.75 Å². The highest BCUT2D eigenvalue weighted by Crippen LogP contribution is 2.31. The average Bonchev–Trinajstić information content (AvgIpc) is 2.84. The third kappa shape index (κ3) is 3.13. The molecular weight excluding hydrogens is 334 g/mol. The molecule has 0 saturated heterocycles. The van der Waals surface area contributed by atoms with E-state index >= 15 is 0 Å². The van der Waals surface area contributed by atoms with Gasteiger partial charge in [-0.15, -0.1) is 0 Å². The second-order valence-corrected chi connectivity index (χ2v) is 4.64. The smallest absolute Gasteiger partial charge is 0.308 e. The van der Waals surface area contributed by atoms with Crippen LogP contribution in [0.15, 0.2) is 53.2 Å². The molecule has 5 heteroatoms. The molecule has 108 valence electrons. The van der Waals surface area contributed by atoms with Crippen LogP contribution in [0.1, 0.15) is 12.5 Å². The number of halogens is 1. The lowest BCUT2D eigenvalue weighted by Crippen LogP contribution is -3.00. The van der Waals surface area contributed by atoms with Crippen LogP contribution < -0.4 is 26.3 Å². The molecule has 0 aliphatic rings. The number of carbonyl (C=O) groups excluding carboxylic acids is 1. The zero-order chi connectivity index (χ0) is 14.1. The van der Waals surface area contributed by atoms with Crippen molar-refractivity contribution in [3.63, 3.8) is 0 Å². The molecule has 0 saturated carbocycles. The number of esters is 1. The Morgan fingerprint density at radius 3 is 2.71 bits per heavy atom. The largest absolute Gasteiger partial charge is 1.00 e. The van der Waals surface area contributed by atoms with Gasteiger partial charge in [-0.05, 0) is 25.1 Å². The topological polar surface area (TPSA) is 43.5 Å². The first kappa shape index (κ1) is 15.3. The van der Waals surface area contributed by atoms with Crippen LogP contribution in [0.4, 0.5) is 0 Å². The summed E-state index contributed by atoms with van der Waals surface area (Å²) in [5.74, 6) is 0.817. The normalized spacial score (nSPS) is 10.2. The lowest BCUT2D eigenvalue weighted by atomic mass is 10.1. The molecular formula is C16H14BrNO3. The molecule has 0 unspecified atom stereocenters. The molecule has 3 aromatic rings. The van der Waals surface area contributed by atoms with Gasteiger partial charge in [-0.1, -0.05) is 11.6 Å². The van der Waals surface area contributed by atoms with Crippen LogP contribution in [0.3, 0.4) is 0 Å². The van der Waals surface area contributed by atoms with Crippen LogP contribution >= 0.6 is 0 Å². The maximum absolute atomic E-state index is 11.2. The van der Waals surface area contributed by atoms with Crippen LogP contribution in [-0.4, -0.2) is 5.97 Å². The number of hydrogen-bond acceptors (Lipinski definition) is 3. The Hall–Kier alpha value is -2.14. The standard InChI is InChI=1S/C16H14NO3.BrH/c1-11-6-7-15(19-12(2)18)14(9-11)16-10-13-5-3-4-8-17(13)20-16;/h3-10H,1-2H3;1H/q+1;/p-1. The van der Waals surface area contributed by atoms with Crippen molar-refractivity contribution in [2.75, 3.05) is 0 Å². The summed E-state index contributed by atoms with van der Waals surface area (Å²) in [5, 5.41) is 0. The summed E-state index contributed by atoms with van der Waals surface area (Å²) >= 11 is 0. The Kier molecular flexibility index (Phi) is 4.43. The highest BCUT2D eigenvalue weighted by molar-refractivity contribution is 5.75. The van der Waals surface area contributed by atoms with Gasteiger partial charge >= 0.3 is 5.97 Å². The van der Waals surface area contributed by atoms with Gasteiger partial charge in [-0.2, -0.15) is 0 Å². The van der Waals surface area contributed by atoms with Crippen LogP contribution in [0.25, 0.3) is 16.8 Å². The number of hydrogen-bond donors (Lipinski definition) is 0. The van der Waals surface area contributed by atoms with Gasteiger partial charge in [-0.3, -0.25) is 4.79 Å². The SMILES string of the molecule is CC(=O)Oc1ccc(C)cc1-c1cc2cccc[n+]2o1.[Br-]. The third-order valence-electron chi connectivity index (χ3n) is 2.98. The van der Waals surface area contributed by atoms with Crippen LogP contribution in [0.2, 0.25) is 0 Å². The van der Waals surface area contributed by atoms with Crippen LogP contribution in [-0.2, 0) is 4.79 Å². The minimum absolute atomic E-state index is 0. The Balaban J connectivity index is 0.00000161. The van der Waals surface area contributed by atoms with E-state index in [1.165, 1.54) is 6.92 Å². The summed E-state index contributed by atoms with van der Waals surface area (Å²) in [4.78, 5) is 11.2. The van der Waals surface area contributed by atoms with E-state index in [4.69, 9.17) is 9.26 Å². The number of carbonyl (C=O) groups is 1. The van der Waals surface area contributed by atoms with Crippen molar-refractivity contribution in [2.45, 2.75) is 13.8 Å². The molecule has 0 bridgehead atoms. The summed E-state index contributed by atoms with van der Waals surface area (Å²) in [7, 11) is 0. The minimum Gasteiger partial charge on any atom is -1.00 e. The van der Waals surface area contributed by atoms with Gasteiger partial charge in [0.15, 0.2) is 0 Å². The van der Waals surface area contributed by atoms with Crippen molar-refractivity contribution in [3.05, 3.63) is 54.2 Å². The number of pyridine rings is 1. The first-order valence-corrected chi connectivity index (χ1v) is 6.33. The molecule has 3 rings (SSSR count). The molecule has 0 aliphatic heterocycles. The molecule has 2 aromatic heterocycles. The monoisotopic (exact) mass is 347 g/mol. The summed E-state index contributed by atoms with van der Waals surface area (Å²) in [5.41, 5.74) is 2.78. The van der Waals surface area contributed by atoms with Crippen LogP contribution in [0.5, 0.6) is 5.75 Å². The maximum atomic E-state index is 11.2. The van der Waals surface area contributed by atoms with E-state index in [-0.39, 0.29) is 23.0 Å². The predicted molar refractivity (Wildman–Crippen MR) is 73.4 cm³/mol. The number of fused-ring (bicyclic) bond motifs is 1. The lowest BCUT2D eigenvalue weighted by molar-refractivity contribution is -0.714. The zero-order valence-electron chi connectivity index (χ0n) is 11.7. The zero-order valence-corrected chi connectivity index (χ0v) is 13.3. The fourth-order valence-electron chi connectivity index (χ4n) is 2.11. The number of ether oxygens (including phenoxy) is 1. The van der Waals surface area contributed by atoms with E-state index in [2.05, 4.69) is 0 Å². The molecule has 0 radical (unpaired) electrons. The quantitative estimate of drug-likeness (QED) is 0.370. The first-order valence-electron chi connectivity index (χ1n) is 6.33. The van der Waals surface area contributed by atoms with E-state index in [1.54, 1.807) is 10.6 Å². The fraction of sp³-hybridized carbons (Fsp3) is 0.125. The second-order valence-electron chi connectivity index (χ2n) is 4.64. The Labute approximate surface area is 132 Å². The summed E-state index contributed by atoms with van der Waals surface area (Å²) in [6.07, 6.45) is 1.83. The van der Waals surface area contributed by atoms with Crippen molar-refractivity contribution in [3.8, 4) is 17.1 Å². The second kappa shape index (κ2) is 6.10. The van der Waals surface area contributed by atoms with Crippen molar-refractivity contribution in [2.24, 2.45) is 0 Å². The lowest BCUT2D eigenvalue weighted by Gasteiger charge is -2.06. The molecule has 0 amide bonds. The van der Waals surface area contributed by atoms with Crippen molar-refractivity contribution in [1.29, 1.82) is 0 Å². The molecule has 0 fully saturated rings. The Morgan fingerprint density at radius 1 is 1.19 bits per heavy atom. The highest BCUT2D eigenvalue weighted by Gasteiger charge is 2.17. The van der Waals surface area contributed by atoms with E-state index in [1.807, 2.05) is 49.5 Å². The number of nitrogens with zero attached hydrogens (tertiary/aromatic N) is 1. The summed E-state index contributed by atoms with van der Waals surface area (Å²) in [6, 6.07) is 13.3. The van der Waals surface area contributed by atoms with Gasteiger partial charge in [0.05, 0.1) is 11.6 Å². The van der Waals surface area contributed by atoms with Crippen molar-refractivity contribution >= 4 is 11.5 Å². The Morgan fingerprint density at radius 2 is 2.00 bits per heavy atom. The van der Waals surface area contributed by atoms with E-state index in [9.17, 15) is 4.79 Å². The molecule has 21 heavy (non-hydrogen) atoms. The van der Waals surface area contributed by atoms with E-state index < -0.39 is 0 Å². The Bertz CT molecular complexity index is 762. The van der Waals surface area contributed by atoms with Crippen molar-refractivity contribution in [1.82, 2.24) is 0 Å². The first-order chi connectivity index (χ1) is 9.63. The number of rotatable bonds is 2. The molecule has 0 spiro atoms. The van der Waals surface area contributed by atoms with Gasteiger partial charge in [0.25, 0.3) is 5.52 Å². The van der Waals surface area contributed by atoms with E-state index in [0.717, 1.165) is 16.6 Å². The van der Waals surface area contributed by atoms with Gasteiger partial charge in [0.2, 0.25) is 12.0 Å². The molecule has 0 N–H and O–H groups in total. The van der Waals surface area contributed by atoms with Crippen molar-refractivity contribution < 1.29 is 35.6 Å². The van der Waals surface area contributed by atoms with Gasteiger partial charge in [-0.25, -0.2) is 4.52 Å². The number of aryl methyl sites for hydroxylation is 1. The highest BCUT2D eigenvalue weighted by atomic mass is 79.9. The molecule has 4 nitrogen and oxygen atoms in total. The molecule has 2 heterocycles. The third-order valence-corrected chi connectivity index (χ3v) is 2.98. The number of aromatic nitrogens is 1. The average molecular weight is 348 g/mol. The van der Waals surface area contributed by atoms with Gasteiger partial charge < -0.3 is 21.7 Å². The van der Waals surface area contributed by atoms with E-state index in [0.29, 0.717) is 11.5 Å². The number of benzene rings is 1. The summed E-state index contributed by atoms with van der Waals surface area (Å²) in [6.45, 7) is 3.37. The molecule has 0 atom stereocenters.